The van der Waals surface area contributed by atoms with Gasteiger partial charge in [0, 0.05) is 15.0 Å². The van der Waals surface area contributed by atoms with Gasteiger partial charge in [-0.05, 0) is 46.3 Å². The predicted octanol–water partition coefficient (Wildman–Crippen LogP) is 4.03. The van der Waals surface area contributed by atoms with Crippen LogP contribution in [0.25, 0.3) is 0 Å². The second-order valence-electron chi connectivity index (χ2n) is 4.25. The van der Waals surface area contributed by atoms with Gasteiger partial charge in [0.25, 0.3) is 10.0 Å². The third-order valence-corrected chi connectivity index (χ3v) is 5.69. The molecule has 2 aromatic rings. The summed E-state index contributed by atoms with van der Waals surface area (Å²) >= 11 is 6.51. The topological polar surface area (TPSA) is 64.6 Å². The molecule has 0 amide bonds. The van der Waals surface area contributed by atoms with Gasteiger partial charge in [0.05, 0.1) is 19.9 Å². The van der Waals surface area contributed by atoms with Crippen molar-refractivity contribution in [2.45, 2.75) is 4.90 Å². The Morgan fingerprint density at radius 1 is 1.00 bits per heavy atom. The van der Waals surface area contributed by atoms with Gasteiger partial charge < -0.3 is 9.47 Å². The molecule has 0 aliphatic rings. The Morgan fingerprint density at radius 2 is 1.73 bits per heavy atom. The van der Waals surface area contributed by atoms with E-state index in [0.29, 0.717) is 26.1 Å². The molecule has 0 aliphatic carbocycles. The van der Waals surface area contributed by atoms with Gasteiger partial charge in [-0.15, -0.1) is 0 Å². The Balaban J connectivity index is 2.43. The maximum Gasteiger partial charge on any atom is 0.263 e. The van der Waals surface area contributed by atoms with Crippen molar-refractivity contribution in [3.63, 3.8) is 0 Å². The maximum atomic E-state index is 12.5. The number of hydrogen-bond acceptors (Lipinski definition) is 4. The largest absolute Gasteiger partial charge is 0.497 e. The molecule has 0 radical (unpaired) electrons. The van der Waals surface area contributed by atoms with Crippen molar-refractivity contribution < 1.29 is 17.9 Å². The van der Waals surface area contributed by atoms with Gasteiger partial charge >= 0.3 is 0 Å². The number of halogens is 2. The highest BCUT2D eigenvalue weighted by Crippen LogP contribution is 2.33. The molecule has 2 rings (SSSR count). The minimum absolute atomic E-state index is 0.125. The van der Waals surface area contributed by atoms with E-state index in [1.165, 1.54) is 20.3 Å². The number of ether oxygens (including phenoxy) is 2. The number of sulfonamides is 1. The van der Waals surface area contributed by atoms with Gasteiger partial charge in [-0.25, -0.2) is 8.42 Å². The molecule has 0 spiro atoms. The zero-order chi connectivity index (χ0) is 16.3. The molecule has 0 saturated heterocycles. The summed E-state index contributed by atoms with van der Waals surface area (Å²) in [5.41, 5.74) is 0.329. The van der Waals surface area contributed by atoms with Crippen molar-refractivity contribution >= 4 is 47.6 Å². The van der Waals surface area contributed by atoms with E-state index < -0.39 is 10.0 Å². The van der Waals surface area contributed by atoms with Crippen LogP contribution in [0, 0.1) is 0 Å². The Hall–Kier alpha value is -1.25. The van der Waals surface area contributed by atoms with Crippen LogP contribution in [0.3, 0.4) is 0 Å². The first-order valence-electron chi connectivity index (χ1n) is 6.07. The smallest absolute Gasteiger partial charge is 0.263 e. The monoisotopic (exact) mass is 449 g/mol. The lowest BCUT2D eigenvalue weighted by Crippen LogP contribution is -2.14. The third kappa shape index (κ3) is 3.74. The standard InChI is InChI=1S/C14H13Br2NO4S/c1-20-10-4-6-12(13(8-10)21-2)17-22(18,19)14-7-9(15)3-5-11(14)16/h3-8,17H,1-2H3. The van der Waals surface area contributed by atoms with E-state index in [9.17, 15) is 8.42 Å². The summed E-state index contributed by atoms with van der Waals surface area (Å²) in [4.78, 5) is 0.125. The minimum atomic E-state index is -3.77. The van der Waals surface area contributed by atoms with Gasteiger partial charge in [0.1, 0.15) is 16.4 Å². The van der Waals surface area contributed by atoms with Crippen molar-refractivity contribution in [1.29, 1.82) is 0 Å². The lowest BCUT2D eigenvalue weighted by Gasteiger charge is -2.14. The van der Waals surface area contributed by atoms with Crippen LogP contribution in [0.4, 0.5) is 5.69 Å². The lowest BCUT2D eigenvalue weighted by atomic mass is 10.3. The summed E-state index contributed by atoms with van der Waals surface area (Å²) in [5, 5.41) is 0. The maximum absolute atomic E-state index is 12.5. The molecule has 0 aliphatic heterocycles. The summed E-state index contributed by atoms with van der Waals surface area (Å²) in [6.07, 6.45) is 0. The fourth-order valence-corrected chi connectivity index (χ4v) is 4.34. The van der Waals surface area contributed by atoms with Crippen LogP contribution in [0.15, 0.2) is 50.2 Å². The second-order valence-corrected chi connectivity index (χ2v) is 7.67. The van der Waals surface area contributed by atoms with Crippen LogP contribution < -0.4 is 14.2 Å². The Labute approximate surface area is 145 Å². The van der Waals surface area contributed by atoms with Crippen molar-refractivity contribution in [2.24, 2.45) is 0 Å². The van der Waals surface area contributed by atoms with Crippen LogP contribution in [0.5, 0.6) is 11.5 Å². The van der Waals surface area contributed by atoms with E-state index in [2.05, 4.69) is 36.6 Å². The molecule has 0 unspecified atom stereocenters. The van der Waals surface area contributed by atoms with Crippen LogP contribution >= 0.6 is 31.9 Å². The summed E-state index contributed by atoms with van der Waals surface area (Å²) in [7, 11) is -0.781. The first-order valence-corrected chi connectivity index (χ1v) is 9.14. The fourth-order valence-electron chi connectivity index (χ4n) is 1.77. The van der Waals surface area contributed by atoms with Crippen LogP contribution in [-0.4, -0.2) is 22.6 Å². The molecule has 0 fully saturated rings. The number of benzene rings is 2. The van der Waals surface area contributed by atoms with E-state index in [1.807, 2.05) is 0 Å². The Morgan fingerprint density at radius 3 is 2.36 bits per heavy atom. The number of nitrogens with one attached hydrogen (secondary N) is 1. The van der Waals surface area contributed by atoms with Gasteiger partial charge in [-0.2, -0.15) is 0 Å². The molecule has 0 aromatic heterocycles. The first kappa shape index (κ1) is 17.1. The highest BCUT2D eigenvalue weighted by atomic mass is 79.9. The van der Waals surface area contributed by atoms with Crippen molar-refractivity contribution in [2.75, 3.05) is 18.9 Å². The van der Waals surface area contributed by atoms with Crippen molar-refractivity contribution in [3.8, 4) is 11.5 Å². The molecule has 0 atom stereocenters. The normalized spacial score (nSPS) is 11.1. The fraction of sp³-hybridized carbons (Fsp3) is 0.143. The molecule has 0 saturated carbocycles. The molecule has 2 aromatic carbocycles. The summed E-state index contributed by atoms with van der Waals surface area (Å²) in [6, 6.07) is 9.76. The number of rotatable bonds is 5. The predicted molar refractivity (Wildman–Crippen MR) is 92.2 cm³/mol. The Bertz CT molecular complexity index is 793. The second kappa shape index (κ2) is 6.89. The summed E-state index contributed by atoms with van der Waals surface area (Å²) in [5.74, 6) is 0.942. The zero-order valence-electron chi connectivity index (χ0n) is 11.8. The first-order chi connectivity index (χ1) is 10.4. The molecule has 118 valence electrons. The van der Waals surface area contributed by atoms with Crippen molar-refractivity contribution in [3.05, 3.63) is 45.3 Å². The molecule has 8 heteroatoms. The lowest BCUT2D eigenvalue weighted by molar-refractivity contribution is 0.395. The van der Waals surface area contributed by atoms with Gasteiger partial charge in [-0.1, -0.05) is 15.9 Å². The SMILES string of the molecule is COc1ccc(NS(=O)(=O)c2cc(Br)ccc2Br)c(OC)c1. The molecule has 22 heavy (non-hydrogen) atoms. The van der Waals surface area contributed by atoms with E-state index in [-0.39, 0.29) is 4.90 Å². The molecule has 0 bridgehead atoms. The van der Waals surface area contributed by atoms with Crippen LogP contribution in [0.1, 0.15) is 0 Å². The van der Waals surface area contributed by atoms with Gasteiger partial charge in [0.2, 0.25) is 0 Å². The van der Waals surface area contributed by atoms with E-state index in [0.717, 1.165) is 0 Å². The van der Waals surface area contributed by atoms with Gasteiger partial charge in [-0.3, -0.25) is 4.72 Å². The summed E-state index contributed by atoms with van der Waals surface area (Å²) in [6.45, 7) is 0. The highest BCUT2D eigenvalue weighted by molar-refractivity contribution is 9.11. The van der Waals surface area contributed by atoms with E-state index in [1.54, 1.807) is 30.3 Å². The van der Waals surface area contributed by atoms with E-state index in [4.69, 9.17) is 9.47 Å². The zero-order valence-corrected chi connectivity index (χ0v) is 15.7. The highest BCUT2D eigenvalue weighted by Gasteiger charge is 2.20. The molecule has 5 nitrogen and oxygen atoms in total. The number of hydrogen-bond donors (Lipinski definition) is 1. The van der Waals surface area contributed by atoms with Gasteiger partial charge in [0.15, 0.2) is 0 Å². The van der Waals surface area contributed by atoms with E-state index >= 15 is 0 Å². The number of methoxy groups -OCH3 is 2. The molecular weight excluding hydrogens is 438 g/mol. The molecule has 1 N–H and O–H groups in total. The van der Waals surface area contributed by atoms with Crippen molar-refractivity contribution in [1.82, 2.24) is 0 Å². The van der Waals surface area contributed by atoms with Crippen LogP contribution in [0.2, 0.25) is 0 Å². The minimum Gasteiger partial charge on any atom is -0.497 e. The Kier molecular flexibility index (Phi) is 5.36. The molecule has 0 heterocycles. The average molecular weight is 451 g/mol. The summed E-state index contributed by atoms with van der Waals surface area (Å²) < 4.78 is 39.0. The number of anilines is 1. The molecular formula is C14H13Br2NO4S. The quantitative estimate of drug-likeness (QED) is 0.746. The third-order valence-electron chi connectivity index (χ3n) is 2.84. The van der Waals surface area contributed by atoms with Crippen LogP contribution in [-0.2, 0) is 10.0 Å². The average Bonchev–Trinajstić information content (AvgIpc) is 2.49.